The summed E-state index contributed by atoms with van der Waals surface area (Å²) in [5.74, 6) is -0.213. The Hall–Kier alpha value is -2.72. The van der Waals surface area contributed by atoms with Crippen molar-refractivity contribution in [1.29, 1.82) is 0 Å². The van der Waals surface area contributed by atoms with Crippen molar-refractivity contribution in [2.45, 2.75) is 24.6 Å². The van der Waals surface area contributed by atoms with E-state index in [2.05, 4.69) is 15.2 Å². The molecule has 4 rings (SSSR count). The molecule has 3 aromatic rings. The maximum Gasteiger partial charge on any atom is 0.418 e. The summed E-state index contributed by atoms with van der Waals surface area (Å²) < 4.78 is 39.9. The summed E-state index contributed by atoms with van der Waals surface area (Å²) in [5.41, 5.74) is -1.66. The lowest BCUT2D eigenvalue weighted by Gasteiger charge is -2.38. The van der Waals surface area contributed by atoms with Crippen LogP contribution in [-0.4, -0.2) is 44.2 Å². The van der Waals surface area contributed by atoms with Crippen molar-refractivity contribution < 1.29 is 23.1 Å². The van der Waals surface area contributed by atoms with Gasteiger partial charge in [0.1, 0.15) is 5.60 Å². The molecule has 0 atom stereocenters. The second-order valence-electron chi connectivity index (χ2n) is 6.91. The molecule has 0 saturated carbocycles. The van der Waals surface area contributed by atoms with Crippen molar-refractivity contribution in [2.24, 2.45) is 0 Å². The highest BCUT2D eigenvalue weighted by molar-refractivity contribution is 7.13. The number of pyridine rings is 1. The van der Waals surface area contributed by atoms with Gasteiger partial charge in [-0.05, 0) is 31.0 Å². The number of hydrogen-bond donors (Lipinski definition) is 2. The Bertz CT molecular complexity index is 1010. The number of aromatic nitrogens is 3. The molecule has 0 unspecified atom stereocenters. The van der Waals surface area contributed by atoms with Crippen LogP contribution < -0.4 is 0 Å². The predicted molar refractivity (Wildman–Crippen MR) is 100 cm³/mol. The molecule has 2 N–H and O–H groups in total. The van der Waals surface area contributed by atoms with Crippen molar-refractivity contribution in [2.75, 3.05) is 13.1 Å². The van der Waals surface area contributed by atoms with E-state index in [0.717, 1.165) is 16.5 Å². The number of thiophene rings is 1. The molecule has 0 aliphatic carbocycles. The van der Waals surface area contributed by atoms with Gasteiger partial charge in [0.05, 0.1) is 23.0 Å². The van der Waals surface area contributed by atoms with Gasteiger partial charge >= 0.3 is 6.18 Å². The third-order valence-corrected chi connectivity index (χ3v) is 6.04. The van der Waals surface area contributed by atoms with Gasteiger partial charge in [-0.2, -0.15) is 18.3 Å². The number of rotatable bonds is 3. The van der Waals surface area contributed by atoms with E-state index in [1.807, 2.05) is 0 Å². The molecule has 1 amide bonds. The summed E-state index contributed by atoms with van der Waals surface area (Å²) >= 11 is 1.41. The zero-order valence-electron chi connectivity index (χ0n) is 15.1. The molecular weight excluding hydrogens is 405 g/mol. The summed E-state index contributed by atoms with van der Waals surface area (Å²) in [7, 11) is 0. The number of carbonyl (C=O) groups excluding carboxylic acids is 1. The van der Waals surface area contributed by atoms with Gasteiger partial charge in [-0.3, -0.25) is 14.9 Å². The Labute approximate surface area is 168 Å². The first-order chi connectivity index (χ1) is 13.8. The lowest BCUT2D eigenvalue weighted by Crippen LogP contribution is -2.46. The number of nitrogens with zero attached hydrogens (tertiary/aromatic N) is 3. The number of alkyl halides is 3. The van der Waals surface area contributed by atoms with Crippen molar-refractivity contribution in [3.63, 3.8) is 0 Å². The van der Waals surface area contributed by atoms with Crippen LogP contribution in [0.5, 0.6) is 0 Å². The van der Waals surface area contributed by atoms with Gasteiger partial charge in [0.25, 0.3) is 5.91 Å². The van der Waals surface area contributed by atoms with Crippen molar-refractivity contribution in [1.82, 2.24) is 20.1 Å². The van der Waals surface area contributed by atoms with Gasteiger partial charge in [-0.15, -0.1) is 11.3 Å². The fourth-order valence-corrected chi connectivity index (χ4v) is 4.35. The van der Waals surface area contributed by atoms with Crippen LogP contribution in [0, 0.1) is 0 Å². The number of aromatic amines is 1. The molecule has 0 bridgehead atoms. The zero-order valence-corrected chi connectivity index (χ0v) is 15.9. The SMILES string of the molecule is O=C(c1csc(-c2cn[nH]c2)c1)N1CCC(O)(c2ncccc2C(F)(F)F)CC1. The molecule has 29 heavy (non-hydrogen) atoms. The summed E-state index contributed by atoms with van der Waals surface area (Å²) in [6.45, 7) is 0.278. The van der Waals surface area contributed by atoms with E-state index in [4.69, 9.17) is 0 Å². The second-order valence-corrected chi connectivity index (χ2v) is 7.82. The molecule has 4 heterocycles. The highest BCUT2D eigenvalue weighted by Gasteiger charge is 2.44. The number of nitrogens with one attached hydrogen (secondary N) is 1. The van der Waals surface area contributed by atoms with E-state index in [-0.39, 0.29) is 37.5 Å². The first-order valence-corrected chi connectivity index (χ1v) is 9.78. The van der Waals surface area contributed by atoms with Crippen molar-refractivity contribution in [3.05, 3.63) is 59.0 Å². The third-order valence-electron chi connectivity index (χ3n) is 5.06. The van der Waals surface area contributed by atoms with Crippen LogP contribution in [0.25, 0.3) is 10.4 Å². The lowest BCUT2D eigenvalue weighted by molar-refractivity contribution is -0.142. The highest BCUT2D eigenvalue weighted by Crippen LogP contribution is 2.40. The van der Waals surface area contributed by atoms with Gasteiger partial charge in [-0.1, -0.05) is 0 Å². The number of halogens is 3. The Morgan fingerprint density at radius 3 is 2.72 bits per heavy atom. The normalized spacial score (nSPS) is 16.8. The molecule has 1 aliphatic rings. The fraction of sp³-hybridized carbons (Fsp3) is 0.316. The minimum atomic E-state index is -4.60. The van der Waals surface area contributed by atoms with E-state index < -0.39 is 17.3 Å². The quantitative estimate of drug-likeness (QED) is 0.675. The molecule has 3 aromatic heterocycles. The molecule has 6 nitrogen and oxygen atoms in total. The first-order valence-electron chi connectivity index (χ1n) is 8.90. The largest absolute Gasteiger partial charge is 0.418 e. The van der Waals surface area contributed by atoms with Crippen LogP contribution in [0.4, 0.5) is 13.2 Å². The molecule has 0 radical (unpaired) electrons. The van der Waals surface area contributed by atoms with E-state index in [1.165, 1.54) is 23.6 Å². The fourth-order valence-electron chi connectivity index (χ4n) is 3.49. The second kappa shape index (κ2) is 7.27. The third kappa shape index (κ3) is 3.77. The van der Waals surface area contributed by atoms with E-state index in [0.29, 0.717) is 5.56 Å². The predicted octanol–water partition coefficient (Wildman–Crippen LogP) is 3.68. The van der Waals surface area contributed by atoms with Crippen LogP contribution in [0.15, 0.2) is 42.2 Å². The summed E-state index contributed by atoms with van der Waals surface area (Å²) in [6.07, 6.45) is -0.0111. The Morgan fingerprint density at radius 1 is 1.31 bits per heavy atom. The average Bonchev–Trinajstić information content (AvgIpc) is 3.39. The van der Waals surface area contributed by atoms with E-state index >= 15 is 0 Å². The molecule has 152 valence electrons. The van der Waals surface area contributed by atoms with Crippen LogP contribution in [-0.2, 0) is 11.8 Å². The number of hydrogen-bond acceptors (Lipinski definition) is 5. The topological polar surface area (TPSA) is 82.1 Å². The Kier molecular flexibility index (Phi) is 4.91. The van der Waals surface area contributed by atoms with Gasteiger partial charge in [0, 0.05) is 41.3 Å². The van der Waals surface area contributed by atoms with E-state index in [1.54, 1.807) is 28.7 Å². The monoisotopic (exact) mass is 422 g/mol. The average molecular weight is 422 g/mol. The minimum Gasteiger partial charge on any atom is -0.383 e. The lowest BCUT2D eigenvalue weighted by atomic mass is 9.85. The van der Waals surface area contributed by atoms with Crippen LogP contribution in [0.1, 0.15) is 34.5 Å². The van der Waals surface area contributed by atoms with Gasteiger partial charge in [0.2, 0.25) is 0 Å². The molecular formula is C19H17F3N4O2S. The number of carbonyl (C=O) groups is 1. The Balaban J connectivity index is 1.49. The summed E-state index contributed by atoms with van der Waals surface area (Å²) in [4.78, 5) is 19.0. The summed E-state index contributed by atoms with van der Waals surface area (Å²) in [6, 6.07) is 3.88. The van der Waals surface area contributed by atoms with Gasteiger partial charge in [0.15, 0.2) is 0 Å². The number of aliphatic hydroxyl groups is 1. The first kappa shape index (κ1) is 19.6. The molecule has 0 aromatic carbocycles. The number of H-pyrrole nitrogens is 1. The van der Waals surface area contributed by atoms with Crippen LogP contribution in [0.3, 0.4) is 0 Å². The standard InChI is InChI=1S/C19H17F3N4O2S/c20-19(21,22)14-2-1-5-23-16(14)18(28)3-6-26(7-4-18)17(27)12-8-15(29-11-12)13-9-24-25-10-13/h1-2,5,8-11,28H,3-4,6-7H2,(H,24,25). The summed E-state index contributed by atoms with van der Waals surface area (Å²) in [5, 5.41) is 19.2. The minimum absolute atomic E-state index is 0.0163. The smallest absolute Gasteiger partial charge is 0.383 e. The van der Waals surface area contributed by atoms with Gasteiger partial charge < -0.3 is 10.0 Å². The number of piperidine rings is 1. The van der Waals surface area contributed by atoms with Crippen LogP contribution >= 0.6 is 11.3 Å². The van der Waals surface area contributed by atoms with Crippen molar-refractivity contribution >= 4 is 17.2 Å². The van der Waals surface area contributed by atoms with Gasteiger partial charge in [-0.25, -0.2) is 0 Å². The molecule has 10 heteroatoms. The molecule has 1 saturated heterocycles. The molecule has 0 spiro atoms. The molecule has 1 aliphatic heterocycles. The number of amides is 1. The van der Waals surface area contributed by atoms with E-state index in [9.17, 15) is 23.1 Å². The zero-order chi connectivity index (χ0) is 20.6. The Morgan fingerprint density at radius 2 is 2.07 bits per heavy atom. The number of likely N-dealkylation sites (tertiary alicyclic amines) is 1. The maximum absolute atomic E-state index is 13.3. The molecule has 1 fully saturated rings. The highest BCUT2D eigenvalue weighted by atomic mass is 32.1. The van der Waals surface area contributed by atoms with Crippen molar-refractivity contribution in [3.8, 4) is 10.4 Å². The maximum atomic E-state index is 13.3. The van der Waals surface area contributed by atoms with Crippen LogP contribution in [0.2, 0.25) is 0 Å².